The zero-order valence-electron chi connectivity index (χ0n) is 20.0. The molecule has 1 saturated carbocycles. The summed E-state index contributed by atoms with van der Waals surface area (Å²) in [7, 11) is -3.92. The van der Waals surface area contributed by atoms with Crippen molar-refractivity contribution in [2.75, 3.05) is 13.1 Å². The van der Waals surface area contributed by atoms with Crippen LogP contribution in [0.2, 0.25) is 0 Å². The van der Waals surface area contributed by atoms with Crippen LogP contribution >= 0.6 is 11.3 Å². The molecule has 2 aromatic heterocycles. The minimum atomic E-state index is -3.92. The van der Waals surface area contributed by atoms with E-state index in [0.717, 1.165) is 30.0 Å². The summed E-state index contributed by atoms with van der Waals surface area (Å²) in [6.07, 6.45) is 9.50. The van der Waals surface area contributed by atoms with E-state index in [4.69, 9.17) is 0 Å². The Morgan fingerprint density at radius 1 is 1.08 bits per heavy atom. The Morgan fingerprint density at radius 2 is 1.89 bits per heavy atom. The van der Waals surface area contributed by atoms with Gasteiger partial charge in [0, 0.05) is 24.3 Å². The van der Waals surface area contributed by atoms with Gasteiger partial charge in [0.2, 0.25) is 5.91 Å². The van der Waals surface area contributed by atoms with Crippen LogP contribution in [0.4, 0.5) is 0 Å². The number of aromatic nitrogens is 2. The topological polar surface area (TPSA) is 138 Å². The van der Waals surface area contributed by atoms with Crippen LogP contribution in [-0.2, 0) is 19.6 Å². The number of carbonyl (C=O) groups is 3. The van der Waals surface area contributed by atoms with Gasteiger partial charge in [0.25, 0.3) is 15.9 Å². The normalized spacial score (nSPS) is 20.9. The van der Waals surface area contributed by atoms with Crippen LogP contribution in [-0.4, -0.2) is 65.5 Å². The lowest BCUT2D eigenvalue weighted by Crippen LogP contribution is -2.53. The van der Waals surface area contributed by atoms with Crippen LogP contribution in [0.3, 0.4) is 0 Å². The highest BCUT2D eigenvalue weighted by atomic mass is 32.2. The van der Waals surface area contributed by atoms with E-state index in [0.29, 0.717) is 25.2 Å². The van der Waals surface area contributed by atoms with E-state index in [1.54, 1.807) is 17.5 Å². The predicted octanol–water partition coefficient (Wildman–Crippen LogP) is 2.15. The molecule has 2 amide bonds. The largest absolute Gasteiger partial charge is 0.344 e. The van der Waals surface area contributed by atoms with E-state index in [1.165, 1.54) is 36.2 Å². The molecule has 0 aromatic carbocycles. The Morgan fingerprint density at radius 3 is 2.58 bits per heavy atom. The molecular weight excluding hydrogens is 502 g/mol. The third-order valence-corrected chi connectivity index (χ3v) is 9.26. The maximum atomic E-state index is 13.3. The molecule has 1 unspecified atom stereocenters. The van der Waals surface area contributed by atoms with E-state index < -0.39 is 33.9 Å². The first-order valence-electron chi connectivity index (χ1n) is 12.3. The van der Waals surface area contributed by atoms with Crippen LogP contribution < -0.4 is 10.6 Å². The number of nitrogens with zero attached hydrogens (tertiary/aromatic N) is 3. The number of rotatable bonds is 8. The van der Waals surface area contributed by atoms with Crippen LogP contribution in [0, 0.1) is 5.92 Å². The molecule has 1 aliphatic heterocycles. The lowest BCUT2D eigenvalue weighted by atomic mass is 9.84. The van der Waals surface area contributed by atoms with Crippen molar-refractivity contribution in [2.24, 2.45) is 5.92 Å². The smallest absolute Gasteiger partial charge is 0.280 e. The number of amides is 2. The summed E-state index contributed by atoms with van der Waals surface area (Å²) in [5.41, 5.74) is 0. The minimum Gasteiger partial charge on any atom is -0.344 e. The molecular formula is C24H31N5O5S2. The van der Waals surface area contributed by atoms with E-state index >= 15 is 0 Å². The number of ketones is 1. The molecule has 0 bridgehead atoms. The summed E-state index contributed by atoms with van der Waals surface area (Å²) in [6.45, 7) is -0.189. The lowest BCUT2D eigenvalue weighted by molar-refractivity contribution is -0.129. The Hall–Kier alpha value is -2.70. The molecule has 3 heterocycles. The fraction of sp³-hybridized carbons (Fsp3) is 0.542. The third-order valence-electron chi connectivity index (χ3n) is 6.72. The molecule has 2 N–H and O–H groups in total. The number of sulfonamides is 1. The number of carbonyl (C=O) groups excluding carboxylic acids is 3. The van der Waals surface area contributed by atoms with Gasteiger partial charge in [-0.2, -0.15) is 4.31 Å². The van der Waals surface area contributed by atoms with Crippen molar-refractivity contribution in [3.8, 4) is 0 Å². The Balaban J connectivity index is 1.43. The molecule has 194 valence electrons. The average Bonchev–Trinajstić information content (AvgIpc) is 3.36. The molecule has 1 saturated heterocycles. The van der Waals surface area contributed by atoms with Crippen molar-refractivity contribution >= 4 is 39.0 Å². The monoisotopic (exact) mass is 533 g/mol. The van der Waals surface area contributed by atoms with Crippen molar-refractivity contribution in [2.45, 2.75) is 68.5 Å². The standard InChI is InChI=1S/C24H31N5O5S2/c30-20-16-29(36(33,34)21-10-4-5-11-25-21)13-6-9-18(20)27-22(31)19(15-17-7-2-1-3-8-17)28-23(32)24-26-12-14-35-24/h4-5,10-12,14,17-19H,1-3,6-9,13,15-16H2,(H,27,31)(H,28,32)/t18-,19?/m0/s1. The molecule has 12 heteroatoms. The molecule has 2 aromatic rings. The zero-order valence-corrected chi connectivity index (χ0v) is 21.6. The number of pyridine rings is 1. The van der Waals surface area contributed by atoms with Gasteiger partial charge in [0.1, 0.15) is 6.04 Å². The number of Topliss-reactive ketones (excluding diaryl/α,β-unsaturated/α-hetero) is 1. The molecule has 0 radical (unpaired) electrons. The second kappa shape index (κ2) is 12.0. The van der Waals surface area contributed by atoms with Crippen LogP contribution in [0.25, 0.3) is 0 Å². The molecule has 10 nitrogen and oxygen atoms in total. The van der Waals surface area contributed by atoms with Crippen LogP contribution in [0.15, 0.2) is 41.0 Å². The Bertz CT molecular complexity index is 1150. The fourth-order valence-electron chi connectivity index (χ4n) is 4.80. The molecule has 2 atom stereocenters. The fourth-order valence-corrected chi connectivity index (χ4v) is 6.72. The van der Waals surface area contributed by atoms with Gasteiger partial charge in [-0.15, -0.1) is 11.3 Å². The van der Waals surface area contributed by atoms with Gasteiger partial charge in [-0.05, 0) is 37.3 Å². The highest BCUT2D eigenvalue weighted by Gasteiger charge is 2.35. The van der Waals surface area contributed by atoms with Gasteiger partial charge < -0.3 is 10.6 Å². The zero-order chi connectivity index (χ0) is 25.5. The first kappa shape index (κ1) is 26.4. The first-order chi connectivity index (χ1) is 17.3. The number of hydrogen-bond donors (Lipinski definition) is 2. The van der Waals surface area contributed by atoms with E-state index in [9.17, 15) is 22.8 Å². The van der Waals surface area contributed by atoms with Gasteiger partial charge in [-0.3, -0.25) is 14.4 Å². The molecule has 1 aliphatic carbocycles. The summed E-state index contributed by atoms with van der Waals surface area (Å²) in [5.74, 6) is -0.913. The van der Waals surface area contributed by atoms with Gasteiger partial charge in [0.15, 0.2) is 15.8 Å². The van der Waals surface area contributed by atoms with Crippen molar-refractivity contribution < 1.29 is 22.8 Å². The second-order valence-corrected chi connectivity index (χ2v) is 12.1. The van der Waals surface area contributed by atoms with E-state index in [2.05, 4.69) is 20.6 Å². The highest BCUT2D eigenvalue weighted by molar-refractivity contribution is 7.89. The molecule has 0 spiro atoms. The summed E-state index contributed by atoms with van der Waals surface area (Å²) in [5, 5.41) is 7.47. The summed E-state index contributed by atoms with van der Waals surface area (Å²) < 4.78 is 27.0. The summed E-state index contributed by atoms with van der Waals surface area (Å²) in [6, 6.07) is 2.97. The maximum Gasteiger partial charge on any atom is 0.280 e. The molecule has 2 fully saturated rings. The SMILES string of the molecule is O=C(NC(CC1CCCCC1)C(=O)N[C@H]1CCCN(S(=O)(=O)c2ccccn2)CC1=O)c1nccs1. The van der Waals surface area contributed by atoms with Crippen LogP contribution in [0.1, 0.15) is 61.2 Å². The summed E-state index contributed by atoms with van der Waals surface area (Å²) in [4.78, 5) is 47.0. The number of hydrogen-bond acceptors (Lipinski definition) is 8. The number of thiazole rings is 1. The van der Waals surface area contributed by atoms with Crippen molar-refractivity contribution in [3.05, 3.63) is 41.0 Å². The lowest BCUT2D eigenvalue weighted by Gasteiger charge is -2.27. The molecule has 4 rings (SSSR count). The third kappa shape index (κ3) is 6.54. The van der Waals surface area contributed by atoms with Crippen molar-refractivity contribution in [3.63, 3.8) is 0 Å². The molecule has 2 aliphatic rings. The highest BCUT2D eigenvalue weighted by Crippen LogP contribution is 2.28. The molecule has 36 heavy (non-hydrogen) atoms. The Kier molecular flexibility index (Phi) is 8.81. The van der Waals surface area contributed by atoms with E-state index in [-0.39, 0.29) is 28.9 Å². The van der Waals surface area contributed by atoms with Crippen molar-refractivity contribution in [1.29, 1.82) is 0 Å². The van der Waals surface area contributed by atoms with Gasteiger partial charge in [-0.25, -0.2) is 18.4 Å². The minimum absolute atomic E-state index is 0.113. The quantitative estimate of drug-likeness (QED) is 0.530. The first-order valence-corrected chi connectivity index (χ1v) is 14.6. The van der Waals surface area contributed by atoms with E-state index in [1.807, 2.05) is 0 Å². The van der Waals surface area contributed by atoms with Crippen molar-refractivity contribution in [1.82, 2.24) is 24.9 Å². The maximum absolute atomic E-state index is 13.3. The average molecular weight is 534 g/mol. The van der Waals surface area contributed by atoms with Crippen LogP contribution in [0.5, 0.6) is 0 Å². The summed E-state index contributed by atoms with van der Waals surface area (Å²) >= 11 is 1.19. The van der Waals surface area contributed by atoms with Gasteiger partial charge >= 0.3 is 0 Å². The number of nitrogens with one attached hydrogen (secondary N) is 2. The Labute approximate surface area is 215 Å². The van der Waals surface area contributed by atoms with Gasteiger partial charge in [-0.1, -0.05) is 38.2 Å². The predicted molar refractivity (Wildman–Crippen MR) is 134 cm³/mol. The second-order valence-electron chi connectivity index (χ2n) is 9.28. The van der Waals surface area contributed by atoms with Gasteiger partial charge in [0.05, 0.1) is 12.6 Å².